The van der Waals surface area contributed by atoms with Crippen molar-refractivity contribution in [1.29, 1.82) is 0 Å². The highest BCUT2D eigenvalue weighted by molar-refractivity contribution is 5.96. The fraction of sp³-hybridized carbons (Fsp3) is 0.250. The summed E-state index contributed by atoms with van der Waals surface area (Å²) in [5.74, 6) is -0.259. The lowest BCUT2D eigenvalue weighted by Gasteiger charge is -2.06. The second kappa shape index (κ2) is 5.03. The Morgan fingerprint density at radius 2 is 1.76 bits per heavy atom. The summed E-state index contributed by atoms with van der Waals surface area (Å²) in [6.45, 7) is 1.59. The van der Waals surface area contributed by atoms with E-state index in [2.05, 4.69) is 5.32 Å². The average Bonchev–Trinajstić information content (AvgIpc) is 2.27. The summed E-state index contributed by atoms with van der Waals surface area (Å²) in [5, 5.41) is 2.43. The number of carbonyl (C=O) groups is 1. The minimum absolute atomic E-state index is 0.259. The van der Waals surface area contributed by atoms with Crippen LogP contribution in [0.25, 0.3) is 6.08 Å². The highest BCUT2D eigenvalue weighted by Gasteiger charge is 2.29. The van der Waals surface area contributed by atoms with Crippen LogP contribution in [0.2, 0.25) is 0 Å². The summed E-state index contributed by atoms with van der Waals surface area (Å²) in [4.78, 5) is 11.2. The van der Waals surface area contributed by atoms with Crippen molar-refractivity contribution in [3.63, 3.8) is 0 Å². The van der Waals surface area contributed by atoms with Gasteiger partial charge in [-0.25, -0.2) is 0 Å². The van der Waals surface area contributed by atoms with Crippen LogP contribution in [0.1, 0.15) is 18.1 Å². The lowest BCUT2D eigenvalue weighted by Crippen LogP contribution is -2.18. The molecule has 92 valence electrons. The number of alkyl halides is 3. The van der Waals surface area contributed by atoms with E-state index in [-0.39, 0.29) is 5.91 Å². The van der Waals surface area contributed by atoms with E-state index in [4.69, 9.17) is 0 Å². The van der Waals surface area contributed by atoms with Gasteiger partial charge in [-0.2, -0.15) is 13.2 Å². The summed E-state index contributed by atoms with van der Waals surface area (Å²) in [6.07, 6.45) is -2.81. The van der Waals surface area contributed by atoms with E-state index in [0.29, 0.717) is 11.1 Å². The van der Waals surface area contributed by atoms with Crippen LogP contribution in [-0.4, -0.2) is 13.0 Å². The Morgan fingerprint density at radius 3 is 2.18 bits per heavy atom. The van der Waals surface area contributed by atoms with Gasteiger partial charge in [0, 0.05) is 12.6 Å². The third kappa shape index (κ3) is 3.62. The Labute approximate surface area is 97.1 Å². The molecule has 1 amide bonds. The van der Waals surface area contributed by atoms with E-state index in [1.54, 1.807) is 6.92 Å². The molecule has 0 spiro atoms. The Morgan fingerprint density at radius 1 is 1.24 bits per heavy atom. The van der Waals surface area contributed by atoms with Gasteiger partial charge in [-0.05, 0) is 30.7 Å². The number of nitrogens with one attached hydrogen (secondary N) is 1. The van der Waals surface area contributed by atoms with Gasteiger partial charge >= 0.3 is 6.18 Å². The van der Waals surface area contributed by atoms with Gasteiger partial charge in [0.05, 0.1) is 5.56 Å². The average molecular weight is 243 g/mol. The first-order valence-corrected chi connectivity index (χ1v) is 4.92. The molecule has 0 bridgehead atoms. The first kappa shape index (κ1) is 13.3. The molecule has 0 fully saturated rings. The minimum Gasteiger partial charge on any atom is -0.355 e. The van der Waals surface area contributed by atoms with Crippen LogP contribution in [-0.2, 0) is 11.0 Å². The van der Waals surface area contributed by atoms with Crippen molar-refractivity contribution in [2.75, 3.05) is 7.05 Å². The lowest BCUT2D eigenvalue weighted by atomic mass is 10.1. The molecule has 0 aliphatic carbocycles. The Kier molecular flexibility index (Phi) is 3.93. The van der Waals surface area contributed by atoms with Crippen LogP contribution in [0.15, 0.2) is 29.8 Å². The van der Waals surface area contributed by atoms with Gasteiger partial charge in [0.15, 0.2) is 0 Å². The quantitative estimate of drug-likeness (QED) is 0.795. The Bertz CT molecular complexity index is 432. The number of amides is 1. The van der Waals surface area contributed by atoms with Gasteiger partial charge in [-0.3, -0.25) is 4.79 Å². The molecule has 2 nitrogen and oxygen atoms in total. The largest absolute Gasteiger partial charge is 0.416 e. The van der Waals surface area contributed by atoms with Gasteiger partial charge in [0.25, 0.3) is 0 Å². The van der Waals surface area contributed by atoms with Crippen molar-refractivity contribution in [1.82, 2.24) is 5.32 Å². The third-order valence-electron chi connectivity index (χ3n) is 2.21. The molecule has 0 atom stereocenters. The predicted octanol–water partition coefficient (Wildman–Crippen LogP) is 2.85. The zero-order chi connectivity index (χ0) is 13.1. The summed E-state index contributed by atoms with van der Waals surface area (Å²) in [5.41, 5.74) is 0.290. The van der Waals surface area contributed by atoms with E-state index in [1.807, 2.05) is 0 Å². The third-order valence-corrected chi connectivity index (χ3v) is 2.21. The van der Waals surface area contributed by atoms with E-state index in [9.17, 15) is 18.0 Å². The van der Waals surface area contributed by atoms with Crippen LogP contribution < -0.4 is 5.32 Å². The number of hydrogen-bond donors (Lipinski definition) is 1. The fourth-order valence-corrected chi connectivity index (χ4v) is 1.28. The van der Waals surface area contributed by atoms with Gasteiger partial charge in [0.2, 0.25) is 5.91 Å². The number of carbonyl (C=O) groups excluding carboxylic acids is 1. The Hall–Kier alpha value is -1.78. The number of rotatable bonds is 2. The van der Waals surface area contributed by atoms with Gasteiger partial charge in [-0.15, -0.1) is 0 Å². The molecule has 17 heavy (non-hydrogen) atoms. The maximum atomic E-state index is 12.3. The molecule has 1 rings (SSSR count). The second-order valence-electron chi connectivity index (χ2n) is 3.53. The van der Waals surface area contributed by atoms with Crippen molar-refractivity contribution in [2.24, 2.45) is 0 Å². The molecule has 0 unspecified atom stereocenters. The summed E-state index contributed by atoms with van der Waals surface area (Å²) >= 11 is 0. The molecule has 0 aliphatic heterocycles. The van der Waals surface area contributed by atoms with Crippen LogP contribution in [0.3, 0.4) is 0 Å². The summed E-state index contributed by atoms with van der Waals surface area (Å²) in [6, 6.07) is 4.64. The first-order valence-electron chi connectivity index (χ1n) is 4.92. The molecule has 0 saturated heterocycles. The van der Waals surface area contributed by atoms with Crippen LogP contribution in [0.5, 0.6) is 0 Å². The molecule has 1 aromatic carbocycles. The second-order valence-corrected chi connectivity index (χ2v) is 3.53. The summed E-state index contributed by atoms with van der Waals surface area (Å²) < 4.78 is 36.9. The molecule has 0 aliphatic rings. The zero-order valence-electron chi connectivity index (χ0n) is 9.43. The normalized spacial score (nSPS) is 12.4. The van der Waals surface area contributed by atoms with Crippen molar-refractivity contribution < 1.29 is 18.0 Å². The van der Waals surface area contributed by atoms with E-state index < -0.39 is 11.7 Å². The fourth-order valence-electron chi connectivity index (χ4n) is 1.28. The molecule has 0 aromatic heterocycles. The Balaban J connectivity index is 2.93. The lowest BCUT2D eigenvalue weighted by molar-refractivity contribution is -0.137. The highest BCUT2D eigenvalue weighted by atomic mass is 19.4. The SMILES string of the molecule is CNC(=O)/C(C)=C/c1ccc(C(F)(F)F)cc1. The van der Waals surface area contributed by atoms with Gasteiger partial charge in [0.1, 0.15) is 0 Å². The van der Waals surface area contributed by atoms with Gasteiger partial charge in [-0.1, -0.05) is 12.1 Å². The zero-order valence-corrected chi connectivity index (χ0v) is 9.43. The van der Waals surface area contributed by atoms with Crippen LogP contribution in [0, 0.1) is 0 Å². The van der Waals surface area contributed by atoms with Gasteiger partial charge < -0.3 is 5.32 Å². The van der Waals surface area contributed by atoms with E-state index >= 15 is 0 Å². The van der Waals surface area contributed by atoms with Crippen molar-refractivity contribution >= 4 is 12.0 Å². The number of hydrogen-bond acceptors (Lipinski definition) is 1. The molecule has 5 heteroatoms. The van der Waals surface area contributed by atoms with Crippen molar-refractivity contribution in [3.8, 4) is 0 Å². The molecule has 0 saturated carbocycles. The number of halogens is 3. The molecule has 0 heterocycles. The molecule has 0 radical (unpaired) electrons. The maximum absolute atomic E-state index is 12.3. The standard InChI is InChI=1S/C12H12F3NO/c1-8(11(17)16-2)7-9-3-5-10(6-4-9)12(13,14)15/h3-7H,1-2H3,(H,16,17)/b8-7+. The van der Waals surface area contributed by atoms with Crippen LogP contribution >= 0.6 is 0 Å². The van der Waals surface area contributed by atoms with Crippen LogP contribution in [0.4, 0.5) is 13.2 Å². The minimum atomic E-state index is -4.34. The first-order chi connectivity index (χ1) is 7.84. The summed E-state index contributed by atoms with van der Waals surface area (Å²) in [7, 11) is 1.49. The monoisotopic (exact) mass is 243 g/mol. The van der Waals surface area contributed by atoms with Crippen molar-refractivity contribution in [2.45, 2.75) is 13.1 Å². The highest BCUT2D eigenvalue weighted by Crippen LogP contribution is 2.29. The predicted molar refractivity (Wildman–Crippen MR) is 59.2 cm³/mol. The molecule has 1 N–H and O–H groups in total. The van der Waals surface area contributed by atoms with E-state index in [0.717, 1.165) is 12.1 Å². The van der Waals surface area contributed by atoms with Crippen molar-refractivity contribution in [3.05, 3.63) is 41.0 Å². The topological polar surface area (TPSA) is 29.1 Å². The molecular weight excluding hydrogens is 231 g/mol. The smallest absolute Gasteiger partial charge is 0.355 e. The van der Waals surface area contributed by atoms with E-state index in [1.165, 1.54) is 25.3 Å². The number of benzene rings is 1. The molecular formula is C12H12F3NO. The maximum Gasteiger partial charge on any atom is 0.416 e. The molecule has 1 aromatic rings. The number of likely N-dealkylation sites (N-methyl/N-ethyl adjacent to an activating group) is 1.